The molecule has 7 nitrogen and oxygen atoms in total. The predicted octanol–water partition coefficient (Wildman–Crippen LogP) is 0.537. The van der Waals surface area contributed by atoms with Crippen LogP contribution >= 0.6 is 11.3 Å². The second-order valence-electron chi connectivity index (χ2n) is 3.09. The zero-order valence-electron chi connectivity index (χ0n) is 8.51. The fourth-order valence-electron chi connectivity index (χ4n) is 1.20. The van der Waals surface area contributed by atoms with Crippen molar-refractivity contribution in [3.8, 4) is 0 Å². The van der Waals surface area contributed by atoms with E-state index in [9.17, 15) is 9.59 Å². The summed E-state index contributed by atoms with van der Waals surface area (Å²) in [6.45, 7) is 0.289. The molecule has 0 unspecified atom stereocenters. The number of aromatic nitrogens is 3. The molecule has 0 amide bonds. The Morgan fingerprint density at radius 2 is 2.24 bits per heavy atom. The van der Waals surface area contributed by atoms with Gasteiger partial charge in [0, 0.05) is 23.5 Å². The van der Waals surface area contributed by atoms with Crippen LogP contribution in [0.1, 0.15) is 16.2 Å². The molecule has 0 fully saturated rings. The van der Waals surface area contributed by atoms with Crippen molar-refractivity contribution in [1.29, 1.82) is 0 Å². The SMILES string of the molecule is O=C(O)c1nccnc1NCc1csc(=O)[nH]1. The normalized spacial score (nSPS) is 10.1. The van der Waals surface area contributed by atoms with Crippen molar-refractivity contribution in [2.24, 2.45) is 0 Å². The molecule has 88 valence electrons. The van der Waals surface area contributed by atoms with Crippen LogP contribution in [0.2, 0.25) is 0 Å². The summed E-state index contributed by atoms with van der Waals surface area (Å²) in [5.41, 5.74) is 0.520. The van der Waals surface area contributed by atoms with Gasteiger partial charge in [0.1, 0.15) is 0 Å². The number of nitrogens with one attached hydrogen (secondary N) is 2. The minimum Gasteiger partial charge on any atom is -0.476 e. The van der Waals surface area contributed by atoms with Crippen LogP contribution in [0.25, 0.3) is 0 Å². The Balaban J connectivity index is 2.14. The summed E-state index contributed by atoms with van der Waals surface area (Å²) in [5, 5.41) is 13.3. The first-order chi connectivity index (χ1) is 8.16. The van der Waals surface area contributed by atoms with Gasteiger partial charge in [0.15, 0.2) is 11.5 Å². The molecular weight excluding hydrogens is 244 g/mol. The van der Waals surface area contributed by atoms with Gasteiger partial charge >= 0.3 is 10.8 Å². The Labute approximate surface area is 99.2 Å². The van der Waals surface area contributed by atoms with Crippen molar-refractivity contribution in [3.63, 3.8) is 0 Å². The number of hydrogen-bond donors (Lipinski definition) is 3. The van der Waals surface area contributed by atoms with Crippen molar-refractivity contribution >= 4 is 23.1 Å². The van der Waals surface area contributed by atoms with E-state index in [1.165, 1.54) is 12.4 Å². The molecule has 0 saturated heterocycles. The number of carboxylic acid groups (broad SMARTS) is 1. The highest BCUT2D eigenvalue weighted by molar-refractivity contribution is 7.07. The van der Waals surface area contributed by atoms with Crippen molar-refractivity contribution < 1.29 is 9.90 Å². The molecule has 0 atom stereocenters. The van der Waals surface area contributed by atoms with Crippen LogP contribution in [0.5, 0.6) is 0 Å². The summed E-state index contributed by atoms with van der Waals surface area (Å²) in [7, 11) is 0. The van der Waals surface area contributed by atoms with E-state index in [-0.39, 0.29) is 22.9 Å². The first-order valence-corrected chi connectivity index (χ1v) is 5.49. The fourth-order valence-corrected chi connectivity index (χ4v) is 1.78. The lowest BCUT2D eigenvalue weighted by Crippen LogP contribution is -2.10. The Bertz CT molecular complexity index is 592. The summed E-state index contributed by atoms with van der Waals surface area (Å²) < 4.78 is 0. The summed E-state index contributed by atoms with van der Waals surface area (Å²) in [6.07, 6.45) is 2.70. The summed E-state index contributed by atoms with van der Waals surface area (Å²) >= 11 is 1.05. The van der Waals surface area contributed by atoms with Gasteiger partial charge in [-0.2, -0.15) is 0 Å². The number of aromatic amines is 1. The molecule has 2 aromatic rings. The van der Waals surface area contributed by atoms with E-state index in [0.717, 1.165) is 11.3 Å². The molecule has 2 rings (SSSR count). The van der Waals surface area contributed by atoms with Crippen molar-refractivity contribution in [1.82, 2.24) is 15.0 Å². The second kappa shape index (κ2) is 4.74. The lowest BCUT2D eigenvalue weighted by molar-refractivity contribution is 0.0691. The van der Waals surface area contributed by atoms with E-state index in [4.69, 9.17) is 5.11 Å². The van der Waals surface area contributed by atoms with Crippen LogP contribution in [0.15, 0.2) is 22.6 Å². The molecule has 2 heterocycles. The third-order valence-corrected chi connectivity index (χ3v) is 2.64. The lowest BCUT2D eigenvalue weighted by Gasteiger charge is -2.05. The van der Waals surface area contributed by atoms with E-state index < -0.39 is 5.97 Å². The van der Waals surface area contributed by atoms with Crippen molar-refractivity contribution in [2.75, 3.05) is 5.32 Å². The Morgan fingerprint density at radius 1 is 1.47 bits per heavy atom. The smallest absolute Gasteiger partial charge is 0.358 e. The largest absolute Gasteiger partial charge is 0.476 e. The Kier molecular flexibility index (Phi) is 3.15. The molecule has 17 heavy (non-hydrogen) atoms. The van der Waals surface area contributed by atoms with Crippen molar-refractivity contribution in [2.45, 2.75) is 6.54 Å². The van der Waals surface area contributed by atoms with Gasteiger partial charge in [-0.15, -0.1) is 0 Å². The predicted molar refractivity (Wildman–Crippen MR) is 61.3 cm³/mol. The van der Waals surface area contributed by atoms with E-state index >= 15 is 0 Å². The van der Waals surface area contributed by atoms with Crippen LogP contribution in [0, 0.1) is 0 Å². The summed E-state index contributed by atoms with van der Waals surface area (Å²) in [6, 6.07) is 0. The van der Waals surface area contributed by atoms with E-state index in [2.05, 4.69) is 20.3 Å². The molecule has 0 saturated carbocycles. The average Bonchev–Trinajstić information content (AvgIpc) is 2.73. The van der Waals surface area contributed by atoms with Gasteiger partial charge in [0.2, 0.25) is 0 Å². The molecule has 0 aliphatic rings. The molecule has 2 aromatic heterocycles. The number of H-pyrrole nitrogens is 1. The molecule has 0 aliphatic heterocycles. The van der Waals surface area contributed by atoms with Crippen LogP contribution in [0.4, 0.5) is 5.82 Å². The van der Waals surface area contributed by atoms with Gasteiger partial charge in [-0.1, -0.05) is 11.3 Å². The average molecular weight is 252 g/mol. The van der Waals surface area contributed by atoms with Gasteiger partial charge in [0.25, 0.3) is 0 Å². The lowest BCUT2D eigenvalue weighted by atomic mass is 10.4. The Morgan fingerprint density at radius 3 is 2.88 bits per heavy atom. The zero-order valence-corrected chi connectivity index (χ0v) is 9.32. The maximum absolute atomic E-state index is 10.9. The highest BCUT2D eigenvalue weighted by atomic mass is 32.1. The molecule has 0 spiro atoms. The van der Waals surface area contributed by atoms with Crippen molar-refractivity contribution in [3.05, 3.63) is 38.8 Å². The number of anilines is 1. The van der Waals surface area contributed by atoms with Gasteiger partial charge in [-0.25, -0.2) is 14.8 Å². The van der Waals surface area contributed by atoms with Crippen LogP contribution in [0.3, 0.4) is 0 Å². The van der Waals surface area contributed by atoms with E-state index in [1.54, 1.807) is 5.38 Å². The summed E-state index contributed by atoms with van der Waals surface area (Å²) in [5.74, 6) is -0.980. The highest BCUT2D eigenvalue weighted by Gasteiger charge is 2.12. The first kappa shape index (κ1) is 11.3. The number of carboxylic acids is 1. The monoisotopic (exact) mass is 252 g/mol. The summed E-state index contributed by atoms with van der Waals surface area (Å²) in [4.78, 5) is 31.8. The molecular formula is C9H8N4O3S. The van der Waals surface area contributed by atoms with Gasteiger partial charge in [0.05, 0.1) is 6.54 Å². The van der Waals surface area contributed by atoms with Crippen LogP contribution < -0.4 is 10.2 Å². The highest BCUT2D eigenvalue weighted by Crippen LogP contribution is 2.09. The van der Waals surface area contributed by atoms with Gasteiger partial charge in [-0.3, -0.25) is 4.79 Å². The topological polar surface area (TPSA) is 108 Å². The second-order valence-corrected chi connectivity index (χ2v) is 3.93. The van der Waals surface area contributed by atoms with Crippen LogP contribution in [-0.2, 0) is 6.54 Å². The molecule has 8 heteroatoms. The molecule has 3 N–H and O–H groups in total. The maximum Gasteiger partial charge on any atom is 0.358 e. The fraction of sp³-hybridized carbons (Fsp3) is 0.111. The first-order valence-electron chi connectivity index (χ1n) is 4.61. The quantitative estimate of drug-likeness (QED) is 0.732. The van der Waals surface area contributed by atoms with E-state index in [1.807, 2.05) is 0 Å². The minimum atomic E-state index is -1.15. The number of nitrogens with zero attached hydrogens (tertiary/aromatic N) is 2. The number of rotatable bonds is 4. The Hall–Kier alpha value is -2.22. The third-order valence-electron chi connectivity index (χ3n) is 1.92. The minimum absolute atomic E-state index is 0.148. The zero-order chi connectivity index (χ0) is 12.3. The van der Waals surface area contributed by atoms with Gasteiger partial charge < -0.3 is 15.4 Å². The number of carbonyl (C=O) groups is 1. The molecule has 0 bridgehead atoms. The van der Waals surface area contributed by atoms with Crippen LogP contribution in [-0.4, -0.2) is 26.0 Å². The third kappa shape index (κ3) is 2.67. The molecule has 0 aliphatic carbocycles. The standard InChI is InChI=1S/C9H8N4O3S/c14-8(15)6-7(11-2-1-10-6)12-3-5-4-17-9(16)13-5/h1-2,4H,3H2,(H,11,12)(H,13,16)(H,14,15). The van der Waals surface area contributed by atoms with E-state index in [0.29, 0.717) is 5.69 Å². The number of aromatic carboxylic acids is 1. The van der Waals surface area contributed by atoms with Gasteiger partial charge in [-0.05, 0) is 0 Å². The molecule has 0 aromatic carbocycles. The number of thiazole rings is 1. The number of hydrogen-bond acceptors (Lipinski definition) is 6. The molecule has 0 radical (unpaired) electrons. The maximum atomic E-state index is 10.9.